The lowest BCUT2D eigenvalue weighted by molar-refractivity contribution is 0.0907. The highest BCUT2D eigenvalue weighted by molar-refractivity contribution is 14.1. The van der Waals surface area contributed by atoms with Crippen molar-refractivity contribution >= 4 is 60.4 Å². The minimum absolute atomic E-state index is 0.0257. The van der Waals surface area contributed by atoms with Gasteiger partial charge in [0.05, 0.1) is 18.2 Å². The summed E-state index contributed by atoms with van der Waals surface area (Å²) < 4.78 is 6.85. The van der Waals surface area contributed by atoms with Gasteiger partial charge in [0.25, 0.3) is 5.91 Å². The fourth-order valence-electron chi connectivity index (χ4n) is 1.26. The van der Waals surface area contributed by atoms with Crippen LogP contribution in [0, 0.1) is 3.57 Å². The standard InChI is InChI=1S/C11H12Br2INO2/c1-17-6-8(5-12)15-11(16)9-4-7(13)2-3-10(9)14/h2-4,8H,5-6H2,1H3,(H,15,16). The molecule has 1 rings (SSSR count). The monoisotopic (exact) mass is 475 g/mol. The van der Waals surface area contributed by atoms with Gasteiger partial charge < -0.3 is 10.1 Å². The van der Waals surface area contributed by atoms with Gasteiger partial charge in [-0.05, 0) is 40.8 Å². The maximum atomic E-state index is 12.0. The smallest absolute Gasteiger partial charge is 0.252 e. The Balaban J connectivity index is 2.78. The molecular formula is C11H12Br2INO2. The topological polar surface area (TPSA) is 38.3 Å². The highest BCUT2D eigenvalue weighted by Crippen LogP contribution is 2.18. The number of benzene rings is 1. The Labute approximate surface area is 131 Å². The van der Waals surface area contributed by atoms with Crippen LogP contribution in [0.1, 0.15) is 10.4 Å². The Hall–Kier alpha value is 0.340. The van der Waals surface area contributed by atoms with E-state index < -0.39 is 0 Å². The SMILES string of the molecule is COCC(CBr)NC(=O)c1cc(Br)ccc1I. The third-order valence-corrected chi connectivity index (χ3v) is 4.28. The van der Waals surface area contributed by atoms with Crippen molar-refractivity contribution in [2.24, 2.45) is 0 Å². The summed E-state index contributed by atoms with van der Waals surface area (Å²) >= 11 is 8.85. The lowest BCUT2D eigenvalue weighted by atomic mass is 10.2. The van der Waals surface area contributed by atoms with Gasteiger partial charge in [0.15, 0.2) is 0 Å². The van der Waals surface area contributed by atoms with Crippen LogP contribution in [0.25, 0.3) is 0 Å². The molecule has 1 aromatic rings. The highest BCUT2D eigenvalue weighted by atomic mass is 127. The molecule has 1 unspecified atom stereocenters. The minimum atomic E-state index is -0.0859. The summed E-state index contributed by atoms with van der Waals surface area (Å²) in [7, 11) is 1.62. The fraction of sp³-hybridized carbons (Fsp3) is 0.364. The van der Waals surface area contributed by atoms with Gasteiger partial charge in [-0.25, -0.2) is 0 Å². The summed E-state index contributed by atoms with van der Waals surface area (Å²) in [4.78, 5) is 12.0. The molecule has 0 aliphatic carbocycles. The van der Waals surface area contributed by atoms with Crippen LogP contribution in [0.15, 0.2) is 22.7 Å². The van der Waals surface area contributed by atoms with Crippen LogP contribution in [0.2, 0.25) is 0 Å². The van der Waals surface area contributed by atoms with Crippen LogP contribution in [0.4, 0.5) is 0 Å². The number of ether oxygens (including phenoxy) is 1. The molecule has 94 valence electrons. The number of hydrogen-bond acceptors (Lipinski definition) is 2. The molecule has 0 aliphatic rings. The van der Waals surface area contributed by atoms with Gasteiger partial charge in [0, 0.05) is 20.5 Å². The van der Waals surface area contributed by atoms with E-state index in [1.165, 1.54) is 0 Å². The third-order valence-electron chi connectivity index (χ3n) is 2.06. The predicted molar refractivity (Wildman–Crippen MR) is 83.8 cm³/mol. The zero-order chi connectivity index (χ0) is 12.8. The van der Waals surface area contributed by atoms with E-state index in [0.717, 1.165) is 8.04 Å². The molecular weight excluding hydrogens is 465 g/mol. The number of methoxy groups -OCH3 is 1. The zero-order valence-electron chi connectivity index (χ0n) is 9.17. The molecule has 0 saturated carbocycles. The molecule has 0 bridgehead atoms. The molecule has 1 atom stereocenters. The average molecular weight is 477 g/mol. The van der Waals surface area contributed by atoms with Crippen molar-refractivity contribution < 1.29 is 9.53 Å². The molecule has 1 aromatic carbocycles. The first-order valence-corrected chi connectivity index (χ1v) is 7.88. The average Bonchev–Trinajstić information content (AvgIpc) is 2.31. The fourth-order valence-corrected chi connectivity index (χ4v) is 2.55. The van der Waals surface area contributed by atoms with Gasteiger partial charge in [0.1, 0.15) is 0 Å². The number of halogens is 3. The normalized spacial score (nSPS) is 12.2. The van der Waals surface area contributed by atoms with Gasteiger partial charge >= 0.3 is 0 Å². The van der Waals surface area contributed by atoms with E-state index in [0.29, 0.717) is 17.5 Å². The van der Waals surface area contributed by atoms with Gasteiger partial charge in [-0.2, -0.15) is 0 Å². The second-order valence-electron chi connectivity index (χ2n) is 3.40. The van der Waals surface area contributed by atoms with Crippen LogP contribution in [0.5, 0.6) is 0 Å². The molecule has 0 heterocycles. The van der Waals surface area contributed by atoms with Crippen LogP contribution >= 0.6 is 54.5 Å². The Kier molecular flexibility index (Phi) is 6.98. The predicted octanol–water partition coefficient (Wildman–Crippen LogP) is 3.19. The summed E-state index contributed by atoms with van der Waals surface area (Å²) in [6.45, 7) is 0.488. The van der Waals surface area contributed by atoms with Crippen molar-refractivity contribution in [3.63, 3.8) is 0 Å². The van der Waals surface area contributed by atoms with E-state index in [1.54, 1.807) is 7.11 Å². The molecule has 0 saturated heterocycles. The molecule has 0 aliphatic heterocycles. The first-order valence-electron chi connectivity index (χ1n) is 4.89. The van der Waals surface area contributed by atoms with Gasteiger partial charge in [-0.1, -0.05) is 31.9 Å². The van der Waals surface area contributed by atoms with E-state index in [1.807, 2.05) is 18.2 Å². The van der Waals surface area contributed by atoms with E-state index in [9.17, 15) is 4.79 Å². The van der Waals surface area contributed by atoms with E-state index >= 15 is 0 Å². The number of hydrogen-bond donors (Lipinski definition) is 1. The lowest BCUT2D eigenvalue weighted by Crippen LogP contribution is -2.39. The molecule has 0 fully saturated rings. The Morgan fingerprint density at radius 1 is 1.59 bits per heavy atom. The van der Waals surface area contributed by atoms with E-state index in [-0.39, 0.29) is 11.9 Å². The van der Waals surface area contributed by atoms with Crippen molar-refractivity contribution in [1.29, 1.82) is 0 Å². The first-order chi connectivity index (χ1) is 8.08. The summed E-state index contributed by atoms with van der Waals surface area (Å²) in [5.41, 5.74) is 0.669. The number of rotatable bonds is 5. The number of alkyl halides is 1. The summed E-state index contributed by atoms with van der Waals surface area (Å²) in [5.74, 6) is -0.0859. The molecule has 3 nitrogen and oxygen atoms in total. The molecule has 0 spiro atoms. The minimum Gasteiger partial charge on any atom is -0.383 e. The van der Waals surface area contributed by atoms with Crippen LogP contribution in [-0.4, -0.2) is 31.0 Å². The van der Waals surface area contributed by atoms with Gasteiger partial charge in [-0.3, -0.25) is 4.79 Å². The van der Waals surface area contributed by atoms with Crippen molar-refractivity contribution in [3.8, 4) is 0 Å². The highest BCUT2D eigenvalue weighted by Gasteiger charge is 2.15. The summed E-state index contributed by atoms with van der Waals surface area (Å²) in [6, 6.07) is 5.60. The Bertz CT molecular complexity index is 401. The molecule has 17 heavy (non-hydrogen) atoms. The first kappa shape index (κ1) is 15.4. The number of nitrogens with one attached hydrogen (secondary N) is 1. The lowest BCUT2D eigenvalue weighted by Gasteiger charge is -2.15. The van der Waals surface area contributed by atoms with Crippen molar-refractivity contribution in [2.45, 2.75) is 6.04 Å². The van der Waals surface area contributed by atoms with E-state index in [2.05, 4.69) is 59.8 Å². The third kappa shape index (κ3) is 4.84. The van der Waals surface area contributed by atoms with Crippen molar-refractivity contribution in [1.82, 2.24) is 5.32 Å². The largest absolute Gasteiger partial charge is 0.383 e. The maximum absolute atomic E-state index is 12.0. The van der Waals surface area contributed by atoms with Crippen molar-refractivity contribution in [2.75, 3.05) is 19.0 Å². The van der Waals surface area contributed by atoms with Gasteiger partial charge in [0.2, 0.25) is 0 Å². The van der Waals surface area contributed by atoms with E-state index in [4.69, 9.17) is 4.74 Å². The molecule has 6 heteroatoms. The number of carbonyl (C=O) groups is 1. The second kappa shape index (κ2) is 7.70. The maximum Gasteiger partial charge on any atom is 0.252 e. The quantitative estimate of drug-likeness (QED) is 0.523. The zero-order valence-corrected chi connectivity index (χ0v) is 14.5. The van der Waals surface area contributed by atoms with Crippen LogP contribution in [-0.2, 0) is 4.74 Å². The second-order valence-corrected chi connectivity index (χ2v) is 6.13. The Morgan fingerprint density at radius 3 is 2.88 bits per heavy atom. The molecule has 1 amide bonds. The molecule has 1 N–H and O–H groups in total. The summed E-state index contributed by atoms with van der Waals surface area (Å²) in [5, 5.41) is 3.58. The van der Waals surface area contributed by atoms with Crippen molar-refractivity contribution in [3.05, 3.63) is 31.8 Å². The molecule has 0 radical (unpaired) electrons. The van der Waals surface area contributed by atoms with Crippen LogP contribution in [0.3, 0.4) is 0 Å². The molecule has 0 aromatic heterocycles. The summed E-state index contributed by atoms with van der Waals surface area (Å²) in [6.07, 6.45) is 0. The number of carbonyl (C=O) groups excluding carboxylic acids is 1. The number of amides is 1. The van der Waals surface area contributed by atoms with Crippen LogP contribution < -0.4 is 5.32 Å². The Morgan fingerprint density at radius 2 is 2.29 bits per heavy atom. The van der Waals surface area contributed by atoms with Gasteiger partial charge in [-0.15, -0.1) is 0 Å².